The largest absolute Gasteiger partial charge is 0.265 e. The Kier molecular flexibility index (Phi) is 3.41. The van der Waals surface area contributed by atoms with Gasteiger partial charge in [0.05, 0.1) is 5.69 Å². The molecule has 0 radical (unpaired) electrons. The van der Waals surface area contributed by atoms with Crippen molar-refractivity contribution >= 4 is 17.2 Å². The topological polar surface area (TPSA) is 43.1 Å². The second kappa shape index (κ2) is 5.11. The fraction of sp³-hybridized carbons (Fsp3) is 0.312. The highest BCUT2D eigenvalue weighted by Gasteiger charge is 2.20. The lowest BCUT2D eigenvalue weighted by Crippen LogP contribution is -2.04. The molecular weight excluding hydrogens is 284 g/mol. The van der Waals surface area contributed by atoms with Gasteiger partial charge in [-0.1, -0.05) is 25.4 Å². The Balaban J connectivity index is 2.37. The van der Waals surface area contributed by atoms with Crippen LogP contribution in [0.4, 0.5) is 0 Å². The molecule has 0 saturated heterocycles. The van der Waals surface area contributed by atoms with Crippen LogP contribution in [0.2, 0.25) is 5.15 Å². The third-order valence-corrected chi connectivity index (χ3v) is 4.02. The maximum atomic E-state index is 6.56. The van der Waals surface area contributed by atoms with E-state index in [4.69, 9.17) is 16.6 Å². The Hall–Kier alpha value is -1.94. The van der Waals surface area contributed by atoms with Gasteiger partial charge in [0.25, 0.3) is 0 Å². The highest BCUT2D eigenvalue weighted by atomic mass is 35.5. The van der Waals surface area contributed by atoms with Gasteiger partial charge in [0.1, 0.15) is 5.15 Å². The molecule has 3 aromatic heterocycles. The van der Waals surface area contributed by atoms with Gasteiger partial charge in [0, 0.05) is 29.2 Å². The van der Waals surface area contributed by atoms with Crippen molar-refractivity contribution in [2.24, 2.45) is 0 Å². The molecule has 0 aliphatic rings. The SMILES string of the molecule is Cc1nc2c(-c3ccncc3)c(C)nn2c(Cl)c1C(C)C. The smallest absolute Gasteiger partial charge is 0.165 e. The van der Waals surface area contributed by atoms with E-state index in [1.54, 1.807) is 16.9 Å². The van der Waals surface area contributed by atoms with E-state index in [9.17, 15) is 0 Å². The normalized spacial score (nSPS) is 11.5. The van der Waals surface area contributed by atoms with Gasteiger partial charge in [-0.15, -0.1) is 0 Å². The summed E-state index contributed by atoms with van der Waals surface area (Å²) >= 11 is 6.56. The van der Waals surface area contributed by atoms with Crippen molar-refractivity contribution in [2.75, 3.05) is 0 Å². The van der Waals surface area contributed by atoms with E-state index in [1.165, 1.54) is 0 Å². The van der Waals surface area contributed by atoms with E-state index in [2.05, 4.69) is 23.9 Å². The number of aryl methyl sites for hydroxylation is 2. The van der Waals surface area contributed by atoms with Gasteiger partial charge in [-0.2, -0.15) is 5.10 Å². The lowest BCUT2D eigenvalue weighted by Gasteiger charge is -2.12. The molecule has 3 heterocycles. The molecule has 0 bridgehead atoms. The first-order valence-corrected chi connectivity index (χ1v) is 7.34. The van der Waals surface area contributed by atoms with Crippen LogP contribution in [0.3, 0.4) is 0 Å². The molecule has 0 atom stereocenters. The maximum absolute atomic E-state index is 6.56. The Morgan fingerprint density at radius 3 is 2.38 bits per heavy atom. The summed E-state index contributed by atoms with van der Waals surface area (Å²) in [5.41, 5.74) is 5.78. The van der Waals surface area contributed by atoms with Crippen molar-refractivity contribution in [1.29, 1.82) is 0 Å². The second-order valence-electron chi connectivity index (χ2n) is 5.49. The van der Waals surface area contributed by atoms with Crippen LogP contribution in [0.1, 0.15) is 36.7 Å². The van der Waals surface area contributed by atoms with E-state index in [1.807, 2.05) is 26.0 Å². The molecule has 0 aliphatic heterocycles. The number of rotatable bonds is 2. The predicted octanol–water partition coefficient (Wildman–Crippen LogP) is 4.18. The van der Waals surface area contributed by atoms with Crippen LogP contribution in [0, 0.1) is 13.8 Å². The van der Waals surface area contributed by atoms with Crippen molar-refractivity contribution in [1.82, 2.24) is 19.6 Å². The summed E-state index contributed by atoms with van der Waals surface area (Å²) in [6.45, 7) is 8.20. The Morgan fingerprint density at radius 2 is 1.76 bits per heavy atom. The van der Waals surface area contributed by atoms with Gasteiger partial charge >= 0.3 is 0 Å². The molecule has 0 unspecified atom stereocenters. The third-order valence-electron chi connectivity index (χ3n) is 3.65. The zero-order valence-electron chi connectivity index (χ0n) is 12.6. The molecule has 3 aromatic rings. The molecule has 0 aromatic carbocycles. The Bertz CT molecular complexity index is 806. The maximum Gasteiger partial charge on any atom is 0.165 e. The zero-order valence-corrected chi connectivity index (χ0v) is 13.3. The molecule has 0 N–H and O–H groups in total. The summed E-state index contributed by atoms with van der Waals surface area (Å²) in [6.07, 6.45) is 3.55. The number of pyridine rings is 1. The predicted molar refractivity (Wildman–Crippen MR) is 84.8 cm³/mol. The van der Waals surface area contributed by atoms with Gasteiger partial charge in [-0.3, -0.25) is 4.98 Å². The quantitative estimate of drug-likeness (QED) is 0.667. The fourth-order valence-electron chi connectivity index (χ4n) is 2.75. The highest BCUT2D eigenvalue weighted by Crippen LogP contribution is 2.32. The monoisotopic (exact) mass is 300 g/mol. The summed E-state index contributed by atoms with van der Waals surface area (Å²) in [4.78, 5) is 8.81. The Labute approximate surface area is 128 Å². The van der Waals surface area contributed by atoms with Crippen molar-refractivity contribution in [3.05, 3.63) is 46.6 Å². The van der Waals surface area contributed by atoms with E-state index in [0.29, 0.717) is 11.1 Å². The first-order chi connectivity index (χ1) is 10.0. The van der Waals surface area contributed by atoms with Crippen LogP contribution in [-0.2, 0) is 0 Å². The summed E-state index contributed by atoms with van der Waals surface area (Å²) in [7, 11) is 0. The van der Waals surface area contributed by atoms with Gasteiger partial charge < -0.3 is 0 Å². The lowest BCUT2D eigenvalue weighted by atomic mass is 10.0. The van der Waals surface area contributed by atoms with E-state index >= 15 is 0 Å². The molecule has 0 spiro atoms. The molecule has 5 heteroatoms. The summed E-state index contributed by atoms with van der Waals surface area (Å²) in [5, 5.41) is 5.22. The van der Waals surface area contributed by atoms with Gasteiger partial charge in [-0.25, -0.2) is 9.50 Å². The number of fused-ring (bicyclic) bond motifs is 1. The Morgan fingerprint density at radius 1 is 1.10 bits per heavy atom. The van der Waals surface area contributed by atoms with Crippen LogP contribution in [-0.4, -0.2) is 19.6 Å². The summed E-state index contributed by atoms with van der Waals surface area (Å²) in [6, 6.07) is 3.93. The van der Waals surface area contributed by atoms with Crippen molar-refractivity contribution in [2.45, 2.75) is 33.6 Å². The lowest BCUT2D eigenvalue weighted by molar-refractivity contribution is 0.804. The minimum absolute atomic E-state index is 0.309. The average molecular weight is 301 g/mol. The molecule has 108 valence electrons. The molecule has 4 nitrogen and oxygen atoms in total. The van der Waals surface area contributed by atoms with Crippen LogP contribution in [0.5, 0.6) is 0 Å². The second-order valence-corrected chi connectivity index (χ2v) is 5.85. The molecule has 0 saturated carbocycles. The van der Waals surface area contributed by atoms with Crippen LogP contribution >= 0.6 is 11.6 Å². The number of aromatic nitrogens is 4. The van der Waals surface area contributed by atoms with E-state index in [-0.39, 0.29) is 0 Å². The van der Waals surface area contributed by atoms with Crippen molar-refractivity contribution in [3.8, 4) is 11.1 Å². The highest BCUT2D eigenvalue weighted by molar-refractivity contribution is 6.30. The van der Waals surface area contributed by atoms with Gasteiger partial charge in [-0.05, 0) is 37.5 Å². The number of hydrogen-bond acceptors (Lipinski definition) is 3. The van der Waals surface area contributed by atoms with Crippen LogP contribution < -0.4 is 0 Å². The van der Waals surface area contributed by atoms with E-state index < -0.39 is 0 Å². The van der Waals surface area contributed by atoms with Crippen molar-refractivity contribution in [3.63, 3.8) is 0 Å². The average Bonchev–Trinajstić information content (AvgIpc) is 2.76. The zero-order chi connectivity index (χ0) is 15.1. The van der Waals surface area contributed by atoms with E-state index in [0.717, 1.165) is 33.7 Å². The van der Waals surface area contributed by atoms with Gasteiger partial charge in [0.2, 0.25) is 0 Å². The first-order valence-electron chi connectivity index (χ1n) is 6.96. The van der Waals surface area contributed by atoms with Crippen LogP contribution in [0.25, 0.3) is 16.8 Å². The number of halogens is 1. The summed E-state index contributed by atoms with van der Waals surface area (Å²) in [5.74, 6) is 0.309. The fourth-order valence-corrected chi connectivity index (χ4v) is 3.22. The number of nitrogens with zero attached hydrogens (tertiary/aromatic N) is 4. The molecular formula is C16H17ClN4. The molecule has 0 aliphatic carbocycles. The minimum atomic E-state index is 0.309. The minimum Gasteiger partial charge on any atom is -0.265 e. The third kappa shape index (κ3) is 2.20. The summed E-state index contributed by atoms with van der Waals surface area (Å²) < 4.78 is 1.75. The van der Waals surface area contributed by atoms with Gasteiger partial charge in [0.15, 0.2) is 5.65 Å². The van der Waals surface area contributed by atoms with Crippen molar-refractivity contribution < 1.29 is 0 Å². The number of hydrogen-bond donors (Lipinski definition) is 0. The molecule has 21 heavy (non-hydrogen) atoms. The van der Waals surface area contributed by atoms with Crippen LogP contribution in [0.15, 0.2) is 24.5 Å². The molecule has 0 fully saturated rings. The molecule has 3 rings (SSSR count). The molecule has 0 amide bonds. The standard InChI is InChI=1S/C16H17ClN4/c1-9(2)13-10(3)19-16-14(12-5-7-18-8-6-12)11(4)20-21(16)15(13)17/h5-9H,1-4H3. The first kappa shape index (κ1) is 14.0.